The van der Waals surface area contributed by atoms with Crippen molar-refractivity contribution in [2.24, 2.45) is 5.92 Å². The van der Waals surface area contributed by atoms with Gasteiger partial charge in [-0.15, -0.1) is 0 Å². The van der Waals surface area contributed by atoms with Gasteiger partial charge in [0.05, 0.1) is 25.2 Å². The van der Waals surface area contributed by atoms with E-state index in [1.807, 2.05) is 0 Å². The van der Waals surface area contributed by atoms with Gasteiger partial charge in [0.15, 0.2) is 9.84 Å². The fourth-order valence-corrected chi connectivity index (χ4v) is 4.24. The van der Waals surface area contributed by atoms with Gasteiger partial charge in [0.1, 0.15) is 17.1 Å². The Labute approximate surface area is 118 Å². The highest BCUT2D eigenvalue weighted by molar-refractivity contribution is 7.91. The van der Waals surface area contributed by atoms with E-state index >= 15 is 0 Å². The number of carbonyl (C=O) groups is 1. The molecule has 0 radical (unpaired) electrons. The molecular formula is C13H19NO5S. The lowest BCUT2D eigenvalue weighted by Gasteiger charge is -2.07. The third-order valence-electron chi connectivity index (χ3n) is 3.43. The quantitative estimate of drug-likeness (QED) is 0.813. The third-order valence-corrected chi connectivity index (χ3v) is 5.27. The van der Waals surface area contributed by atoms with Crippen LogP contribution >= 0.6 is 0 Å². The molecular weight excluding hydrogens is 282 g/mol. The molecule has 6 nitrogen and oxygen atoms in total. The Bertz CT molecular complexity index is 590. The van der Waals surface area contributed by atoms with E-state index < -0.39 is 15.8 Å². The molecule has 1 aliphatic rings. The van der Waals surface area contributed by atoms with Crippen LogP contribution in [0.25, 0.3) is 0 Å². The van der Waals surface area contributed by atoms with E-state index in [1.54, 1.807) is 13.0 Å². The number of sulfone groups is 1. The maximum atomic E-state index is 11.4. The molecule has 0 bridgehead atoms. The molecule has 1 fully saturated rings. The molecule has 2 heterocycles. The summed E-state index contributed by atoms with van der Waals surface area (Å²) in [5, 5.41) is 3.17. The van der Waals surface area contributed by atoms with E-state index in [2.05, 4.69) is 10.1 Å². The Morgan fingerprint density at radius 3 is 2.90 bits per heavy atom. The van der Waals surface area contributed by atoms with Crippen LogP contribution in [0.5, 0.6) is 0 Å². The van der Waals surface area contributed by atoms with Crippen LogP contribution in [0.2, 0.25) is 0 Å². The second-order valence-corrected chi connectivity index (χ2v) is 7.30. The van der Waals surface area contributed by atoms with Gasteiger partial charge in [-0.1, -0.05) is 0 Å². The van der Waals surface area contributed by atoms with Crippen molar-refractivity contribution in [2.45, 2.75) is 19.9 Å². The van der Waals surface area contributed by atoms with Crippen molar-refractivity contribution in [3.05, 3.63) is 23.2 Å². The number of carbonyl (C=O) groups excluding carboxylic acids is 1. The van der Waals surface area contributed by atoms with Crippen LogP contribution < -0.4 is 5.32 Å². The highest BCUT2D eigenvalue weighted by atomic mass is 32.2. The van der Waals surface area contributed by atoms with Gasteiger partial charge in [0, 0.05) is 0 Å². The fraction of sp³-hybridized carbons (Fsp3) is 0.615. The van der Waals surface area contributed by atoms with Crippen molar-refractivity contribution >= 4 is 15.8 Å². The molecule has 0 saturated carbocycles. The topological polar surface area (TPSA) is 85.6 Å². The normalized spacial score (nSPS) is 21.0. The van der Waals surface area contributed by atoms with Gasteiger partial charge in [-0.3, -0.25) is 0 Å². The molecule has 1 unspecified atom stereocenters. The summed E-state index contributed by atoms with van der Waals surface area (Å²) in [5.74, 6) is 1.45. The molecule has 112 valence electrons. The highest BCUT2D eigenvalue weighted by Crippen LogP contribution is 2.18. The number of methoxy groups -OCH3 is 1. The summed E-state index contributed by atoms with van der Waals surface area (Å²) in [4.78, 5) is 11.4. The molecule has 1 aliphatic heterocycles. The van der Waals surface area contributed by atoms with Gasteiger partial charge >= 0.3 is 5.97 Å². The minimum Gasteiger partial charge on any atom is -0.465 e. The Morgan fingerprint density at radius 1 is 1.55 bits per heavy atom. The standard InChI is InChI=1S/C13H19NO5S/c1-9-12(13(15)18-2)5-11(19-9)7-14-6-10-3-4-20(16,17)8-10/h5,10,14H,3-4,6-8H2,1-2H3. The van der Waals surface area contributed by atoms with E-state index in [0.29, 0.717) is 36.6 Å². The number of furan rings is 1. The average Bonchev–Trinajstić information content (AvgIpc) is 2.92. The van der Waals surface area contributed by atoms with Gasteiger partial charge in [-0.2, -0.15) is 0 Å². The maximum Gasteiger partial charge on any atom is 0.341 e. The van der Waals surface area contributed by atoms with E-state index in [9.17, 15) is 13.2 Å². The average molecular weight is 301 g/mol. The Morgan fingerprint density at radius 2 is 2.30 bits per heavy atom. The zero-order valence-electron chi connectivity index (χ0n) is 11.6. The predicted molar refractivity (Wildman–Crippen MR) is 73.3 cm³/mol. The van der Waals surface area contributed by atoms with Gasteiger partial charge in [0.2, 0.25) is 0 Å². The molecule has 2 rings (SSSR count). The molecule has 0 amide bonds. The molecule has 0 spiro atoms. The molecule has 0 aliphatic carbocycles. The van der Waals surface area contributed by atoms with E-state index in [-0.39, 0.29) is 17.4 Å². The summed E-state index contributed by atoms with van der Waals surface area (Å²) >= 11 is 0. The third kappa shape index (κ3) is 3.61. The van der Waals surface area contributed by atoms with Crippen LogP contribution in [0.4, 0.5) is 0 Å². The Balaban J connectivity index is 1.84. The maximum absolute atomic E-state index is 11.4. The summed E-state index contributed by atoms with van der Waals surface area (Å²) in [7, 11) is -1.51. The number of aryl methyl sites for hydroxylation is 1. The second kappa shape index (κ2) is 5.97. The van der Waals surface area contributed by atoms with Crippen molar-refractivity contribution in [3.63, 3.8) is 0 Å². The summed E-state index contributed by atoms with van der Waals surface area (Å²) in [6, 6.07) is 1.65. The zero-order chi connectivity index (χ0) is 14.8. The Hall–Kier alpha value is -1.34. The van der Waals surface area contributed by atoms with Crippen LogP contribution in [0.3, 0.4) is 0 Å². The van der Waals surface area contributed by atoms with Crippen LogP contribution in [-0.2, 0) is 21.1 Å². The minimum absolute atomic E-state index is 0.163. The zero-order valence-corrected chi connectivity index (χ0v) is 12.5. The van der Waals surface area contributed by atoms with Crippen molar-refractivity contribution in [1.82, 2.24) is 5.32 Å². The first-order valence-corrected chi connectivity index (χ1v) is 8.32. The molecule has 1 saturated heterocycles. The van der Waals surface area contributed by atoms with Gasteiger partial charge in [0.25, 0.3) is 0 Å². The fourth-order valence-electron chi connectivity index (χ4n) is 2.38. The summed E-state index contributed by atoms with van der Waals surface area (Å²) in [6.07, 6.45) is 0.708. The number of esters is 1. The van der Waals surface area contributed by atoms with Crippen molar-refractivity contribution in [2.75, 3.05) is 25.2 Å². The first-order chi connectivity index (χ1) is 9.41. The smallest absolute Gasteiger partial charge is 0.341 e. The lowest BCUT2D eigenvalue weighted by atomic mass is 10.1. The van der Waals surface area contributed by atoms with Crippen LogP contribution in [0, 0.1) is 12.8 Å². The Kier molecular flexibility index (Phi) is 4.49. The molecule has 0 aromatic carbocycles. The molecule has 1 atom stereocenters. The second-order valence-electron chi connectivity index (χ2n) is 5.07. The number of hydrogen-bond acceptors (Lipinski definition) is 6. The SMILES string of the molecule is COC(=O)c1cc(CNCC2CCS(=O)(=O)C2)oc1C. The van der Waals surface area contributed by atoms with Crippen LogP contribution in [0.1, 0.15) is 28.3 Å². The number of hydrogen-bond donors (Lipinski definition) is 1. The predicted octanol–water partition coefficient (Wildman–Crippen LogP) is 0.899. The van der Waals surface area contributed by atoms with Crippen molar-refractivity contribution in [1.29, 1.82) is 0 Å². The number of nitrogens with one attached hydrogen (secondary N) is 1. The summed E-state index contributed by atoms with van der Waals surface area (Å²) in [5.41, 5.74) is 0.424. The molecule has 1 aromatic heterocycles. The summed E-state index contributed by atoms with van der Waals surface area (Å²) in [6.45, 7) is 2.81. The van der Waals surface area contributed by atoms with Crippen LogP contribution in [0.15, 0.2) is 10.5 Å². The molecule has 1 N–H and O–H groups in total. The van der Waals surface area contributed by atoms with Crippen LogP contribution in [-0.4, -0.2) is 39.5 Å². The van der Waals surface area contributed by atoms with E-state index in [1.165, 1.54) is 7.11 Å². The van der Waals surface area contributed by atoms with E-state index in [4.69, 9.17) is 4.42 Å². The summed E-state index contributed by atoms with van der Waals surface area (Å²) < 4.78 is 32.8. The molecule has 20 heavy (non-hydrogen) atoms. The lowest BCUT2D eigenvalue weighted by Crippen LogP contribution is -2.23. The first kappa shape index (κ1) is 15.1. The molecule has 7 heteroatoms. The highest BCUT2D eigenvalue weighted by Gasteiger charge is 2.27. The number of rotatable bonds is 5. The lowest BCUT2D eigenvalue weighted by molar-refractivity contribution is 0.0599. The van der Waals surface area contributed by atoms with Gasteiger partial charge in [-0.25, -0.2) is 13.2 Å². The largest absolute Gasteiger partial charge is 0.465 e. The van der Waals surface area contributed by atoms with Crippen molar-refractivity contribution in [3.8, 4) is 0 Å². The van der Waals surface area contributed by atoms with E-state index in [0.717, 1.165) is 0 Å². The van der Waals surface area contributed by atoms with Crippen molar-refractivity contribution < 1.29 is 22.4 Å². The first-order valence-electron chi connectivity index (χ1n) is 6.50. The number of ether oxygens (including phenoxy) is 1. The monoisotopic (exact) mass is 301 g/mol. The molecule has 1 aromatic rings. The van der Waals surface area contributed by atoms with Gasteiger partial charge < -0.3 is 14.5 Å². The minimum atomic E-state index is -2.83. The van der Waals surface area contributed by atoms with Gasteiger partial charge in [-0.05, 0) is 31.9 Å².